The molecule has 1 aromatic rings. The van der Waals surface area contributed by atoms with E-state index < -0.39 is 6.04 Å². The van der Waals surface area contributed by atoms with E-state index >= 15 is 0 Å². The van der Waals surface area contributed by atoms with Crippen LogP contribution in [-0.2, 0) is 11.3 Å². The SMILES string of the molecule is CCCOc1ccc(CNC(=O)[C@@H](C)N)cc1.Cl. The van der Waals surface area contributed by atoms with Crippen LogP contribution in [0.1, 0.15) is 25.8 Å². The van der Waals surface area contributed by atoms with Gasteiger partial charge in [-0.1, -0.05) is 19.1 Å². The summed E-state index contributed by atoms with van der Waals surface area (Å²) in [5, 5.41) is 2.76. The normalized spacial score (nSPS) is 11.3. The summed E-state index contributed by atoms with van der Waals surface area (Å²) in [6, 6.07) is 7.22. The van der Waals surface area contributed by atoms with E-state index in [0.29, 0.717) is 6.54 Å². The Morgan fingerprint density at radius 1 is 1.39 bits per heavy atom. The van der Waals surface area contributed by atoms with E-state index in [2.05, 4.69) is 12.2 Å². The van der Waals surface area contributed by atoms with Crippen LogP contribution in [-0.4, -0.2) is 18.6 Å². The monoisotopic (exact) mass is 272 g/mol. The van der Waals surface area contributed by atoms with Gasteiger partial charge >= 0.3 is 0 Å². The van der Waals surface area contributed by atoms with Gasteiger partial charge in [0.2, 0.25) is 5.91 Å². The zero-order valence-electron chi connectivity index (χ0n) is 10.8. The van der Waals surface area contributed by atoms with Gasteiger partial charge in [0.1, 0.15) is 5.75 Å². The lowest BCUT2D eigenvalue weighted by atomic mass is 10.2. The van der Waals surface area contributed by atoms with E-state index in [1.807, 2.05) is 24.3 Å². The van der Waals surface area contributed by atoms with Crippen LogP contribution < -0.4 is 15.8 Å². The minimum atomic E-state index is -0.470. The summed E-state index contributed by atoms with van der Waals surface area (Å²) in [7, 11) is 0. The molecular weight excluding hydrogens is 252 g/mol. The first kappa shape index (κ1) is 16.7. The molecule has 1 rings (SSSR count). The van der Waals surface area contributed by atoms with Crippen LogP contribution in [0.15, 0.2) is 24.3 Å². The number of carbonyl (C=O) groups excluding carboxylic acids is 1. The predicted octanol–water partition coefficient (Wildman–Crippen LogP) is 1.86. The minimum Gasteiger partial charge on any atom is -0.494 e. The van der Waals surface area contributed by atoms with Gasteiger partial charge in [0.25, 0.3) is 0 Å². The number of hydrogen-bond acceptors (Lipinski definition) is 3. The lowest BCUT2D eigenvalue weighted by molar-refractivity contribution is -0.122. The smallest absolute Gasteiger partial charge is 0.236 e. The van der Waals surface area contributed by atoms with E-state index in [-0.39, 0.29) is 18.3 Å². The fourth-order valence-corrected chi connectivity index (χ4v) is 1.27. The zero-order chi connectivity index (χ0) is 12.7. The van der Waals surface area contributed by atoms with Crippen molar-refractivity contribution in [1.82, 2.24) is 5.32 Å². The molecule has 0 heterocycles. The third-order valence-electron chi connectivity index (χ3n) is 2.28. The molecule has 102 valence electrons. The Labute approximate surface area is 114 Å². The Hall–Kier alpha value is -1.26. The Bertz CT molecular complexity index is 353. The largest absolute Gasteiger partial charge is 0.494 e. The lowest BCUT2D eigenvalue weighted by Gasteiger charge is -2.09. The zero-order valence-corrected chi connectivity index (χ0v) is 11.6. The average molecular weight is 273 g/mol. The van der Waals surface area contributed by atoms with E-state index in [0.717, 1.165) is 24.3 Å². The topological polar surface area (TPSA) is 64.3 Å². The second kappa shape index (κ2) is 8.78. The van der Waals surface area contributed by atoms with Crippen molar-refractivity contribution in [3.63, 3.8) is 0 Å². The molecule has 0 aliphatic rings. The molecule has 0 saturated carbocycles. The van der Waals surface area contributed by atoms with Crippen LogP contribution in [0, 0.1) is 0 Å². The first-order chi connectivity index (χ1) is 8.13. The van der Waals surface area contributed by atoms with E-state index in [4.69, 9.17) is 10.5 Å². The maximum absolute atomic E-state index is 11.3. The van der Waals surface area contributed by atoms with E-state index in [1.54, 1.807) is 6.92 Å². The number of ether oxygens (including phenoxy) is 1. The van der Waals surface area contributed by atoms with Crippen molar-refractivity contribution in [2.45, 2.75) is 32.9 Å². The van der Waals surface area contributed by atoms with Crippen molar-refractivity contribution in [3.8, 4) is 5.75 Å². The van der Waals surface area contributed by atoms with Crippen molar-refractivity contribution in [1.29, 1.82) is 0 Å². The molecule has 0 aromatic heterocycles. The van der Waals surface area contributed by atoms with Crippen molar-refractivity contribution in [2.24, 2.45) is 5.73 Å². The van der Waals surface area contributed by atoms with Crippen LogP contribution in [0.2, 0.25) is 0 Å². The third kappa shape index (κ3) is 5.89. The van der Waals surface area contributed by atoms with Gasteiger partial charge in [0, 0.05) is 6.54 Å². The van der Waals surface area contributed by atoms with Crippen LogP contribution in [0.25, 0.3) is 0 Å². The molecule has 0 radical (unpaired) electrons. The van der Waals surface area contributed by atoms with Gasteiger partial charge in [-0.15, -0.1) is 12.4 Å². The second-order valence-corrected chi connectivity index (χ2v) is 4.00. The molecule has 0 saturated heterocycles. The molecule has 0 bridgehead atoms. The highest BCUT2D eigenvalue weighted by molar-refractivity contribution is 5.85. The number of nitrogens with one attached hydrogen (secondary N) is 1. The predicted molar refractivity (Wildman–Crippen MR) is 75.0 cm³/mol. The van der Waals surface area contributed by atoms with Crippen LogP contribution in [0.4, 0.5) is 0 Å². The van der Waals surface area contributed by atoms with Crippen molar-refractivity contribution >= 4 is 18.3 Å². The highest BCUT2D eigenvalue weighted by Gasteiger charge is 2.05. The van der Waals surface area contributed by atoms with Crippen molar-refractivity contribution < 1.29 is 9.53 Å². The molecular formula is C13H21ClN2O2. The van der Waals surface area contributed by atoms with Gasteiger partial charge in [-0.2, -0.15) is 0 Å². The molecule has 0 aliphatic carbocycles. The summed E-state index contributed by atoms with van der Waals surface area (Å²) in [5.41, 5.74) is 6.48. The Morgan fingerprint density at radius 2 is 2.00 bits per heavy atom. The first-order valence-electron chi connectivity index (χ1n) is 5.88. The summed E-state index contributed by atoms with van der Waals surface area (Å²) in [6.07, 6.45) is 0.992. The molecule has 1 atom stereocenters. The minimum absolute atomic E-state index is 0. The van der Waals surface area contributed by atoms with Gasteiger partial charge in [0.15, 0.2) is 0 Å². The number of nitrogens with two attached hydrogens (primary N) is 1. The van der Waals surface area contributed by atoms with Crippen LogP contribution in [0.5, 0.6) is 5.75 Å². The average Bonchev–Trinajstić information content (AvgIpc) is 2.34. The fraction of sp³-hybridized carbons (Fsp3) is 0.462. The summed E-state index contributed by atoms with van der Waals surface area (Å²) < 4.78 is 5.47. The number of rotatable bonds is 6. The van der Waals surface area contributed by atoms with Crippen molar-refractivity contribution in [2.75, 3.05) is 6.61 Å². The molecule has 1 aromatic carbocycles. The second-order valence-electron chi connectivity index (χ2n) is 4.00. The standard InChI is InChI=1S/C13H20N2O2.ClH/c1-3-8-17-12-6-4-11(5-7-12)9-15-13(16)10(2)14;/h4-7,10H,3,8-9,14H2,1-2H3,(H,15,16);1H/t10-;/m1./s1. The van der Waals surface area contributed by atoms with Gasteiger partial charge in [-0.05, 0) is 31.0 Å². The van der Waals surface area contributed by atoms with Crippen LogP contribution >= 0.6 is 12.4 Å². The summed E-state index contributed by atoms with van der Waals surface area (Å²) in [5.74, 6) is 0.713. The van der Waals surface area contributed by atoms with Crippen molar-refractivity contribution in [3.05, 3.63) is 29.8 Å². The van der Waals surface area contributed by atoms with Gasteiger partial charge in [-0.25, -0.2) is 0 Å². The summed E-state index contributed by atoms with van der Waals surface area (Å²) >= 11 is 0. The Kier molecular flexibility index (Phi) is 8.16. The number of carbonyl (C=O) groups is 1. The molecule has 1 amide bonds. The quantitative estimate of drug-likeness (QED) is 0.831. The maximum atomic E-state index is 11.3. The van der Waals surface area contributed by atoms with Crippen LogP contribution in [0.3, 0.4) is 0 Å². The fourth-order valence-electron chi connectivity index (χ4n) is 1.27. The maximum Gasteiger partial charge on any atom is 0.236 e. The summed E-state index contributed by atoms with van der Waals surface area (Å²) in [6.45, 7) is 4.95. The van der Waals surface area contributed by atoms with E-state index in [1.165, 1.54) is 0 Å². The van der Waals surface area contributed by atoms with Gasteiger partial charge in [-0.3, -0.25) is 4.79 Å². The number of benzene rings is 1. The molecule has 0 unspecified atom stereocenters. The summed E-state index contributed by atoms with van der Waals surface area (Å²) in [4.78, 5) is 11.3. The highest BCUT2D eigenvalue weighted by Crippen LogP contribution is 2.12. The number of amides is 1. The van der Waals surface area contributed by atoms with Gasteiger partial charge in [0.05, 0.1) is 12.6 Å². The molecule has 4 nitrogen and oxygen atoms in total. The third-order valence-corrected chi connectivity index (χ3v) is 2.28. The molecule has 0 spiro atoms. The lowest BCUT2D eigenvalue weighted by Crippen LogP contribution is -2.37. The highest BCUT2D eigenvalue weighted by atomic mass is 35.5. The Morgan fingerprint density at radius 3 is 2.50 bits per heavy atom. The molecule has 5 heteroatoms. The number of halogens is 1. The number of hydrogen-bond donors (Lipinski definition) is 2. The Balaban J connectivity index is 0.00000289. The van der Waals surface area contributed by atoms with Gasteiger partial charge < -0.3 is 15.8 Å². The molecule has 0 aliphatic heterocycles. The molecule has 3 N–H and O–H groups in total. The first-order valence-corrected chi connectivity index (χ1v) is 5.88. The van der Waals surface area contributed by atoms with E-state index in [9.17, 15) is 4.79 Å². The molecule has 18 heavy (non-hydrogen) atoms. The molecule has 0 fully saturated rings.